The smallest absolute Gasteiger partial charge is 0.0571 e. The average molecular weight is 148 g/mol. The lowest BCUT2D eigenvalue weighted by Crippen LogP contribution is -2.13. The van der Waals surface area contributed by atoms with Crippen LogP contribution >= 0.6 is 0 Å². The molecule has 0 fully saturated rings. The molecule has 0 radical (unpaired) electrons. The van der Waals surface area contributed by atoms with Crippen LogP contribution in [0.4, 0.5) is 0 Å². The van der Waals surface area contributed by atoms with E-state index in [0.717, 1.165) is 11.4 Å². The van der Waals surface area contributed by atoms with Gasteiger partial charge in [0.2, 0.25) is 0 Å². The molecule has 2 heteroatoms. The minimum Gasteiger partial charge on any atom is -0.397 e. The van der Waals surface area contributed by atoms with Gasteiger partial charge in [-0.15, -0.1) is 0 Å². The number of hydrogen-bond acceptors (Lipinski definition) is 2. The van der Waals surface area contributed by atoms with Crippen LogP contribution < -0.4 is 11.1 Å². The van der Waals surface area contributed by atoms with Gasteiger partial charge in [0, 0.05) is 7.05 Å². The third kappa shape index (κ3) is 2.00. The van der Waals surface area contributed by atoms with Crippen LogP contribution in [0.5, 0.6) is 0 Å². The zero-order chi connectivity index (χ0) is 8.10. The highest BCUT2D eigenvalue weighted by Gasteiger charge is 1.94. The highest BCUT2D eigenvalue weighted by Crippen LogP contribution is 2.02. The number of hydrogen-bond donors (Lipinski definition) is 2. The van der Waals surface area contributed by atoms with E-state index < -0.39 is 0 Å². The molecule has 0 aromatic carbocycles. The fraction of sp³-hybridized carbons (Fsp3) is 0.111. The number of likely N-dealkylation sites (N-methyl/N-ethyl adjacent to an activating group) is 1. The van der Waals surface area contributed by atoms with Gasteiger partial charge < -0.3 is 11.1 Å². The normalized spacial score (nSPS) is 31.7. The predicted molar refractivity (Wildman–Crippen MR) is 47.7 cm³/mol. The summed E-state index contributed by atoms with van der Waals surface area (Å²) in [7, 11) is 1.85. The van der Waals surface area contributed by atoms with Crippen molar-refractivity contribution in [2.75, 3.05) is 7.05 Å². The van der Waals surface area contributed by atoms with Crippen LogP contribution in [0, 0.1) is 0 Å². The molecule has 0 saturated heterocycles. The van der Waals surface area contributed by atoms with Gasteiger partial charge in [-0.05, 0) is 12.2 Å². The largest absolute Gasteiger partial charge is 0.397 e. The molecular formula is C9H12N2. The van der Waals surface area contributed by atoms with E-state index in [1.807, 2.05) is 43.5 Å². The lowest BCUT2D eigenvalue weighted by Gasteiger charge is -2.05. The predicted octanol–water partition coefficient (Wildman–Crippen LogP) is 1.06. The van der Waals surface area contributed by atoms with E-state index in [4.69, 9.17) is 5.73 Å². The second kappa shape index (κ2) is 3.66. The first-order valence-corrected chi connectivity index (χ1v) is 3.53. The van der Waals surface area contributed by atoms with Crippen molar-refractivity contribution in [1.82, 2.24) is 5.32 Å². The van der Waals surface area contributed by atoms with Gasteiger partial charge in [0.15, 0.2) is 0 Å². The molecule has 0 aromatic heterocycles. The van der Waals surface area contributed by atoms with Crippen LogP contribution in [0.15, 0.2) is 47.9 Å². The summed E-state index contributed by atoms with van der Waals surface area (Å²) in [5.74, 6) is 0. The molecule has 1 aliphatic rings. The molecule has 0 saturated carbocycles. The Hall–Kier alpha value is -1.44. The van der Waals surface area contributed by atoms with Crippen molar-refractivity contribution in [1.29, 1.82) is 0 Å². The topological polar surface area (TPSA) is 38.0 Å². The molecule has 58 valence electrons. The molecule has 1 rings (SSSR count). The van der Waals surface area contributed by atoms with E-state index in [1.54, 1.807) is 0 Å². The third-order valence-electron chi connectivity index (χ3n) is 1.45. The maximum atomic E-state index is 5.70. The third-order valence-corrected chi connectivity index (χ3v) is 1.45. The van der Waals surface area contributed by atoms with Gasteiger partial charge in [-0.2, -0.15) is 0 Å². The molecule has 0 amide bonds. The minimum atomic E-state index is 0.758. The number of allylic oxidation sites excluding steroid dienone is 6. The Bertz CT molecular complexity index is 244. The molecule has 0 unspecified atom stereocenters. The van der Waals surface area contributed by atoms with Gasteiger partial charge in [0.1, 0.15) is 0 Å². The van der Waals surface area contributed by atoms with E-state index >= 15 is 0 Å². The van der Waals surface area contributed by atoms with E-state index in [2.05, 4.69) is 5.32 Å². The van der Waals surface area contributed by atoms with Crippen LogP contribution in [0.25, 0.3) is 0 Å². The van der Waals surface area contributed by atoms with Crippen molar-refractivity contribution >= 4 is 0 Å². The number of nitrogens with one attached hydrogen (secondary N) is 1. The SMILES string of the molecule is CNC1=C/C=C\C=C/C=C\1N. The minimum absolute atomic E-state index is 0.758. The highest BCUT2D eigenvalue weighted by atomic mass is 14.9. The molecule has 0 spiro atoms. The lowest BCUT2D eigenvalue weighted by atomic mass is 10.2. The summed E-state index contributed by atoms with van der Waals surface area (Å²) in [6.07, 6.45) is 11.6. The fourth-order valence-electron chi connectivity index (χ4n) is 0.853. The van der Waals surface area contributed by atoms with Gasteiger partial charge in [0.25, 0.3) is 0 Å². The zero-order valence-corrected chi connectivity index (χ0v) is 6.54. The molecule has 0 aromatic rings. The Kier molecular flexibility index (Phi) is 2.55. The van der Waals surface area contributed by atoms with Crippen LogP contribution in [0.3, 0.4) is 0 Å². The van der Waals surface area contributed by atoms with Gasteiger partial charge in [-0.25, -0.2) is 0 Å². The van der Waals surface area contributed by atoms with Crippen molar-refractivity contribution in [3.63, 3.8) is 0 Å². The maximum absolute atomic E-state index is 5.70. The van der Waals surface area contributed by atoms with E-state index in [1.165, 1.54) is 0 Å². The summed E-state index contributed by atoms with van der Waals surface area (Å²) in [5.41, 5.74) is 7.41. The lowest BCUT2D eigenvalue weighted by molar-refractivity contribution is 0.989. The monoisotopic (exact) mass is 148 g/mol. The Balaban J connectivity index is 2.89. The molecule has 0 bridgehead atoms. The second-order valence-electron chi connectivity index (χ2n) is 2.22. The summed E-state index contributed by atoms with van der Waals surface area (Å²) >= 11 is 0. The maximum Gasteiger partial charge on any atom is 0.0571 e. The van der Waals surface area contributed by atoms with Crippen LogP contribution in [0.2, 0.25) is 0 Å². The van der Waals surface area contributed by atoms with Gasteiger partial charge >= 0.3 is 0 Å². The summed E-state index contributed by atoms with van der Waals surface area (Å²) in [6, 6.07) is 0. The van der Waals surface area contributed by atoms with E-state index in [0.29, 0.717) is 0 Å². The van der Waals surface area contributed by atoms with Crippen molar-refractivity contribution in [2.45, 2.75) is 0 Å². The molecule has 2 nitrogen and oxygen atoms in total. The van der Waals surface area contributed by atoms with Gasteiger partial charge in [0.05, 0.1) is 11.4 Å². The highest BCUT2D eigenvalue weighted by molar-refractivity contribution is 5.35. The van der Waals surface area contributed by atoms with Gasteiger partial charge in [-0.3, -0.25) is 0 Å². The molecule has 3 N–H and O–H groups in total. The summed E-state index contributed by atoms with van der Waals surface area (Å²) in [5, 5.41) is 3.00. The van der Waals surface area contributed by atoms with Crippen molar-refractivity contribution < 1.29 is 0 Å². The Morgan fingerprint density at radius 3 is 2.36 bits per heavy atom. The van der Waals surface area contributed by atoms with Crippen LogP contribution in [0.1, 0.15) is 0 Å². The van der Waals surface area contributed by atoms with Crippen molar-refractivity contribution in [3.05, 3.63) is 47.9 Å². The summed E-state index contributed by atoms with van der Waals surface area (Å²) < 4.78 is 0. The van der Waals surface area contributed by atoms with Crippen molar-refractivity contribution in [3.8, 4) is 0 Å². The van der Waals surface area contributed by atoms with Crippen molar-refractivity contribution in [2.24, 2.45) is 5.73 Å². The molecule has 1 aliphatic carbocycles. The molecule has 11 heavy (non-hydrogen) atoms. The Morgan fingerprint density at radius 1 is 1.09 bits per heavy atom. The molecule has 0 atom stereocenters. The molecular weight excluding hydrogens is 136 g/mol. The fourth-order valence-corrected chi connectivity index (χ4v) is 0.853. The van der Waals surface area contributed by atoms with Crippen LogP contribution in [-0.2, 0) is 0 Å². The summed E-state index contributed by atoms with van der Waals surface area (Å²) in [4.78, 5) is 0. The average Bonchev–Trinajstić information content (AvgIpc) is 1.98. The quantitative estimate of drug-likeness (QED) is 0.583. The standard InChI is InChI=1S/C9H12N2/c1-11-9-7-5-3-2-4-6-8(9)10/h2-7,11H,10H2,1H3/b3-2?,4-2-,5-3-,6-4?,7-5?,8-6+,9-7+,9-8?. The Labute approximate surface area is 66.8 Å². The molecule has 0 heterocycles. The first-order chi connectivity index (χ1) is 5.34. The second-order valence-corrected chi connectivity index (χ2v) is 2.22. The molecule has 0 aliphatic heterocycles. The van der Waals surface area contributed by atoms with Gasteiger partial charge in [-0.1, -0.05) is 24.3 Å². The first kappa shape index (κ1) is 7.66. The number of nitrogens with two attached hydrogens (primary N) is 1. The van der Waals surface area contributed by atoms with E-state index in [9.17, 15) is 0 Å². The van der Waals surface area contributed by atoms with E-state index in [-0.39, 0.29) is 0 Å². The van der Waals surface area contributed by atoms with Crippen LogP contribution in [-0.4, -0.2) is 7.05 Å². The zero-order valence-electron chi connectivity index (χ0n) is 6.54. The summed E-state index contributed by atoms with van der Waals surface area (Å²) in [6.45, 7) is 0. The first-order valence-electron chi connectivity index (χ1n) is 3.53. The Morgan fingerprint density at radius 2 is 1.73 bits per heavy atom. The number of rotatable bonds is 1.